The first-order chi connectivity index (χ1) is 12.1. The number of aryl methyl sites for hydroxylation is 1. The van der Waals surface area contributed by atoms with Gasteiger partial charge in [-0.1, -0.05) is 12.1 Å². The number of aromatic nitrogens is 3. The summed E-state index contributed by atoms with van der Waals surface area (Å²) in [6, 6.07) is 8.41. The second-order valence-electron chi connectivity index (χ2n) is 5.31. The molecule has 0 aliphatic rings. The molecule has 0 radical (unpaired) electrons. The lowest BCUT2D eigenvalue weighted by molar-refractivity contribution is 0.0964. The maximum absolute atomic E-state index is 14.2. The van der Waals surface area contributed by atoms with Crippen molar-refractivity contribution in [3.63, 3.8) is 0 Å². The van der Waals surface area contributed by atoms with Gasteiger partial charge in [0.1, 0.15) is 5.82 Å². The average molecular weight is 340 g/mol. The van der Waals surface area contributed by atoms with Crippen LogP contribution in [0.3, 0.4) is 0 Å². The number of H-pyrrole nitrogens is 1. The van der Waals surface area contributed by atoms with E-state index in [1.54, 1.807) is 37.5 Å². The van der Waals surface area contributed by atoms with Gasteiger partial charge in [-0.05, 0) is 19.1 Å². The smallest absolute Gasteiger partial charge is 0.253 e. The van der Waals surface area contributed by atoms with Gasteiger partial charge in [-0.15, -0.1) is 0 Å². The number of amides is 1. The van der Waals surface area contributed by atoms with Crippen LogP contribution in [0.5, 0.6) is 0 Å². The molecular weight excluding hydrogens is 323 g/mol. The Morgan fingerprint density at radius 1 is 1.16 bits per heavy atom. The number of benzene rings is 1. The zero-order valence-electron chi connectivity index (χ0n) is 13.7. The molecule has 0 saturated heterocycles. The minimum Gasteiger partial charge on any atom is -0.355 e. The number of halogens is 1. The molecule has 8 heteroatoms. The first-order valence-corrected chi connectivity index (χ1v) is 7.59. The van der Waals surface area contributed by atoms with Crippen LogP contribution >= 0.6 is 0 Å². The van der Waals surface area contributed by atoms with E-state index < -0.39 is 5.82 Å². The number of nitrogens with zero attached hydrogens (tertiary/aromatic N) is 2. The maximum Gasteiger partial charge on any atom is 0.253 e. The van der Waals surface area contributed by atoms with E-state index in [9.17, 15) is 9.18 Å². The number of carbonyl (C=O) groups is 1. The monoisotopic (exact) mass is 340 g/mol. The Kier molecular flexibility index (Phi) is 4.60. The summed E-state index contributed by atoms with van der Waals surface area (Å²) in [6.45, 7) is 1.83. The SMILES string of the molecule is CNC(=O)c1ccccc1Nc1cc(Nc2c[nH]nc2C)ncc1F. The maximum atomic E-state index is 14.2. The third kappa shape index (κ3) is 3.57. The topological polar surface area (TPSA) is 94.7 Å². The van der Waals surface area contributed by atoms with Crippen LogP contribution in [0.15, 0.2) is 42.7 Å². The summed E-state index contributed by atoms with van der Waals surface area (Å²) in [5.74, 6) is -0.336. The number of para-hydroxylation sites is 1. The second-order valence-corrected chi connectivity index (χ2v) is 5.31. The standard InChI is InChI=1S/C17H17FN6O/c1-10-15(9-21-24-10)23-16-7-14(12(18)8-20-16)22-13-6-4-3-5-11(13)17(25)19-2/h3-9H,1-2H3,(H,19,25)(H,21,24)(H2,20,22,23). The minimum absolute atomic E-state index is 0.204. The van der Waals surface area contributed by atoms with Gasteiger partial charge in [-0.2, -0.15) is 5.10 Å². The van der Waals surface area contributed by atoms with E-state index in [0.717, 1.165) is 17.6 Å². The van der Waals surface area contributed by atoms with Crippen LogP contribution in [0.2, 0.25) is 0 Å². The molecule has 0 fully saturated rings. The van der Waals surface area contributed by atoms with Crippen molar-refractivity contribution in [3.05, 3.63) is 59.8 Å². The van der Waals surface area contributed by atoms with Crippen molar-refractivity contribution in [1.29, 1.82) is 0 Å². The molecule has 3 rings (SSSR count). The van der Waals surface area contributed by atoms with Crippen LogP contribution in [-0.2, 0) is 0 Å². The molecule has 1 amide bonds. The van der Waals surface area contributed by atoms with E-state index in [-0.39, 0.29) is 11.6 Å². The number of nitrogens with one attached hydrogen (secondary N) is 4. The van der Waals surface area contributed by atoms with Gasteiger partial charge in [0.15, 0.2) is 5.82 Å². The predicted molar refractivity (Wildman–Crippen MR) is 93.9 cm³/mol. The molecule has 4 N–H and O–H groups in total. The van der Waals surface area contributed by atoms with E-state index in [1.165, 1.54) is 6.07 Å². The van der Waals surface area contributed by atoms with E-state index >= 15 is 0 Å². The highest BCUT2D eigenvalue weighted by molar-refractivity contribution is 6.00. The highest BCUT2D eigenvalue weighted by atomic mass is 19.1. The molecule has 25 heavy (non-hydrogen) atoms. The Morgan fingerprint density at radius 3 is 2.68 bits per heavy atom. The third-order valence-corrected chi connectivity index (χ3v) is 3.62. The zero-order chi connectivity index (χ0) is 17.8. The average Bonchev–Trinajstić information content (AvgIpc) is 3.02. The largest absolute Gasteiger partial charge is 0.355 e. The van der Waals surface area contributed by atoms with Gasteiger partial charge >= 0.3 is 0 Å². The van der Waals surface area contributed by atoms with Crippen LogP contribution in [0.25, 0.3) is 0 Å². The Bertz CT molecular complexity index is 908. The Labute approximate surface area is 143 Å². The van der Waals surface area contributed by atoms with Crippen LogP contribution in [0, 0.1) is 12.7 Å². The predicted octanol–water partition coefficient (Wildman–Crippen LogP) is 3.10. The van der Waals surface area contributed by atoms with E-state index in [4.69, 9.17) is 0 Å². The Morgan fingerprint density at radius 2 is 1.96 bits per heavy atom. The molecule has 0 aliphatic heterocycles. The molecule has 2 heterocycles. The van der Waals surface area contributed by atoms with Crippen molar-refractivity contribution < 1.29 is 9.18 Å². The molecular formula is C17H17FN6O. The van der Waals surface area contributed by atoms with Gasteiger partial charge in [-0.25, -0.2) is 9.37 Å². The normalized spacial score (nSPS) is 10.4. The molecule has 7 nitrogen and oxygen atoms in total. The number of anilines is 4. The molecule has 0 spiro atoms. The van der Waals surface area contributed by atoms with Crippen LogP contribution in [0.4, 0.5) is 27.3 Å². The van der Waals surface area contributed by atoms with Gasteiger partial charge in [-0.3, -0.25) is 9.89 Å². The third-order valence-electron chi connectivity index (χ3n) is 3.62. The molecule has 2 aromatic heterocycles. The van der Waals surface area contributed by atoms with E-state index in [1.807, 2.05) is 6.92 Å². The minimum atomic E-state index is -0.527. The molecule has 0 aliphatic carbocycles. The summed E-state index contributed by atoms with van der Waals surface area (Å²) in [7, 11) is 1.54. The molecule has 0 saturated carbocycles. The lowest BCUT2D eigenvalue weighted by atomic mass is 10.1. The van der Waals surface area contributed by atoms with Crippen molar-refractivity contribution in [2.75, 3.05) is 17.7 Å². The fourth-order valence-electron chi connectivity index (χ4n) is 2.30. The molecule has 0 bridgehead atoms. The summed E-state index contributed by atoms with van der Waals surface area (Å²) >= 11 is 0. The van der Waals surface area contributed by atoms with Gasteiger partial charge in [0.25, 0.3) is 5.91 Å². The van der Waals surface area contributed by atoms with E-state index in [2.05, 4.69) is 31.1 Å². The summed E-state index contributed by atoms with van der Waals surface area (Å²) in [5, 5.41) is 15.3. The number of rotatable bonds is 5. The van der Waals surface area contributed by atoms with Crippen molar-refractivity contribution in [2.45, 2.75) is 6.92 Å². The van der Waals surface area contributed by atoms with Crippen molar-refractivity contribution in [3.8, 4) is 0 Å². The van der Waals surface area contributed by atoms with Crippen molar-refractivity contribution in [2.24, 2.45) is 0 Å². The van der Waals surface area contributed by atoms with Gasteiger partial charge in [0, 0.05) is 19.3 Å². The number of pyridine rings is 1. The summed E-state index contributed by atoms with van der Waals surface area (Å²) in [4.78, 5) is 16.0. The van der Waals surface area contributed by atoms with Crippen molar-refractivity contribution in [1.82, 2.24) is 20.5 Å². The number of hydrogen-bond acceptors (Lipinski definition) is 5. The molecule has 0 atom stereocenters. The van der Waals surface area contributed by atoms with Crippen LogP contribution < -0.4 is 16.0 Å². The Balaban J connectivity index is 1.89. The summed E-state index contributed by atoms with van der Waals surface area (Å²) < 4.78 is 14.2. The molecule has 0 unspecified atom stereocenters. The van der Waals surface area contributed by atoms with Crippen LogP contribution in [0.1, 0.15) is 16.1 Å². The molecule has 3 aromatic rings. The Hall–Kier alpha value is -3.42. The van der Waals surface area contributed by atoms with Gasteiger partial charge in [0.05, 0.1) is 34.5 Å². The molecule has 128 valence electrons. The number of aromatic amines is 1. The summed E-state index contributed by atoms with van der Waals surface area (Å²) in [6.07, 6.45) is 2.80. The second kappa shape index (κ2) is 7.00. The van der Waals surface area contributed by atoms with E-state index in [0.29, 0.717) is 17.1 Å². The lowest BCUT2D eigenvalue weighted by Gasteiger charge is -2.13. The fourth-order valence-corrected chi connectivity index (χ4v) is 2.30. The fraction of sp³-hybridized carbons (Fsp3) is 0.118. The first kappa shape index (κ1) is 16.4. The number of hydrogen-bond donors (Lipinski definition) is 4. The number of carbonyl (C=O) groups excluding carboxylic acids is 1. The quantitative estimate of drug-likeness (QED) is 0.572. The zero-order valence-corrected chi connectivity index (χ0v) is 13.7. The molecule has 1 aromatic carbocycles. The highest BCUT2D eigenvalue weighted by Gasteiger charge is 2.12. The van der Waals surface area contributed by atoms with Crippen molar-refractivity contribution >= 4 is 28.8 Å². The van der Waals surface area contributed by atoms with Gasteiger partial charge in [0.2, 0.25) is 0 Å². The van der Waals surface area contributed by atoms with Gasteiger partial charge < -0.3 is 16.0 Å². The van der Waals surface area contributed by atoms with Crippen LogP contribution in [-0.4, -0.2) is 28.1 Å². The lowest BCUT2D eigenvalue weighted by Crippen LogP contribution is -2.19. The first-order valence-electron chi connectivity index (χ1n) is 7.59. The summed E-state index contributed by atoms with van der Waals surface area (Å²) in [5.41, 5.74) is 2.63. The highest BCUT2D eigenvalue weighted by Crippen LogP contribution is 2.26.